The number of hydrogen-bond acceptors (Lipinski definition) is 6. The second kappa shape index (κ2) is 8.68. The second-order valence-corrected chi connectivity index (χ2v) is 9.51. The van der Waals surface area contributed by atoms with Gasteiger partial charge in [0, 0.05) is 16.9 Å². The van der Waals surface area contributed by atoms with Crippen molar-refractivity contribution in [1.29, 1.82) is 0 Å². The van der Waals surface area contributed by atoms with Crippen molar-refractivity contribution in [2.75, 3.05) is 13.2 Å². The van der Waals surface area contributed by atoms with Gasteiger partial charge in [-0.25, -0.2) is 9.67 Å². The summed E-state index contributed by atoms with van der Waals surface area (Å²) in [6, 6.07) is 6.07. The van der Waals surface area contributed by atoms with Gasteiger partial charge in [0.15, 0.2) is 12.0 Å². The summed E-state index contributed by atoms with van der Waals surface area (Å²) in [5, 5.41) is 8.54. The third kappa shape index (κ3) is 5.20. The Morgan fingerprint density at radius 2 is 2.06 bits per heavy atom. The van der Waals surface area contributed by atoms with Crippen molar-refractivity contribution in [3.05, 3.63) is 41.2 Å². The summed E-state index contributed by atoms with van der Waals surface area (Å²) >= 11 is 0. The summed E-state index contributed by atoms with van der Waals surface area (Å²) in [5.41, 5.74) is 3.77. The fraction of sp³-hybridized carbons (Fsp3) is 0.560. The molecule has 7 nitrogen and oxygen atoms in total. The van der Waals surface area contributed by atoms with Gasteiger partial charge in [-0.2, -0.15) is 0 Å². The van der Waals surface area contributed by atoms with Crippen molar-refractivity contribution in [3.8, 4) is 11.8 Å². The molecule has 0 atom stereocenters. The molecule has 1 aromatic heterocycles. The molecule has 3 fully saturated rings. The SMILES string of the molecule is Cc1cc(C#CC2CC2)ccc1/N=C(\OC(C)C)c1cn(CC2OCC3(CC3)CO2)nn1. The first-order valence-electron chi connectivity index (χ1n) is 11.5. The van der Waals surface area contributed by atoms with Gasteiger partial charge < -0.3 is 14.2 Å². The molecule has 2 aromatic rings. The summed E-state index contributed by atoms with van der Waals surface area (Å²) in [7, 11) is 0. The zero-order valence-corrected chi connectivity index (χ0v) is 19.0. The average molecular weight is 435 g/mol. The van der Waals surface area contributed by atoms with Crippen LogP contribution >= 0.6 is 0 Å². The molecule has 0 bridgehead atoms. The summed E-state index contributed by atoms with van der Waals surface area (Å²) in [4.78, 5) is 4.77. The summed E-state index contributed by atoms with van der Waals surface area (Å²) < 4.78 is 19.5. The topological polar surface area (TPSA) is 70.8 Å². The van der Waals surface area contributed by atoms with E-state index in [4.69, 9.17) is 19.2 Å². The van der Waals surface area contributed by atoms with Crippen LogP contribution in [0.4, 0.5) is 5.69 Å². The molecule has 2 saturated carbocycles. The van der Waals surface area contributed by atoms with Gasteiger partial charge >= 0.3 is 0 Å². The number of aryl methyl sites for hydroxylation is 1. The maximum absolute atomic E-state index is 6.00. The van der Waals surface area contributed by atoms with Crippen molar-refractivity contribution >= 4 is 11.6 Å². The fourth-order valence-electron chi connectivity index (χ4n) is 3.59. The monoisotopic (exact) mass is 434 g/mol. The highest BCUT2D eigenvalue weighted by molar-refractivity contribution is 5.94. The summed E-state index contributed by atoms with van der Waals surface area (Å²) in [6.07, 6.45) is 6.35. The molecule has 32 heavy (non-hydrogen) atoms. The Bertz CT molecular complexity index is 1060. The van der Waals surface area contributed by atoms with Crippen molar-refractivity contribution in [3.63, 3.8) is 0 Å². The maximum Gasteiger partial charge on any atom is 0.244 e. The predicted octanol–water partition coefficient (Wildman–Crippen LogP) is 4.00. The van der Waals surface area contributed by atoms with E-state index < -0.39 is 0 Å². The van der Waals surface area contributed by atoms with Crippen LogP contribution in [0.25, 0.3) is 0 Å². The van der Waals surface area contributed by atoms with Crippen LogP contribution in [0.2, 0.25) is 0 Å². The van der Waals surface area contributed by atoms with Gasteiger partial charge in [0.25, 0.3) is 0 Å². The molecule has 7 heteroatoms. The van der Waals surface area contributed by atoms with E-state index in [-0.39, 0.29) is 17.8 Å². The van der Waals surface area contributed by atoms with Crippen LogP contribution in [0.5, 0.6) is 0 Å². The number of hydrogen-bond donors (Lipinski definition) is 0. The van der Waals surface area contributed by atoms with Crippen LogP contribution in [0.15, 0.2) is 29.4 Å². The molecule has 2 aliphatic carbocycles. The number of aliphatic imine (C=N–C) groups is 1. The molecule has 0 amide bonds. The van der Waals surface area contributed by atoms with Gasteiger partial charge in [0.05, 0.1) is 37.7 Å². The van der Waals surface area contributed by atoms with Gasteiger partial charge in [0.1, 0.15) is 0 Å². The van der Waals surface area contributed by atoms with E-state index in [9.17, 15) is 0 Å². The first kappa shape index (κ1) is 21.2. The lowest BCUT2D eigenvalue weighted by molar-refractivity contribution is -0.213. The highest BCUT2D eigenvalue weighted by Gasteiger charge is 2.47. The molecule has 0 N–H and O–H groups in total. The van der Waals surface area contributed by atoms with Crippen LogP contribution in [0, 0.1) is 30.1 Å². The zero-order valence-electron chi connectivity index (χ0n) is 19.0. The van der Waals surface area contributed by atoms with Crippen molar-refractivity contribution < 1.29 is 14.2 Å². The van der Waals surface area contributed by atoms with Gasteiger partial charge in [-0.3, -0.25) is 0 Å². The summed E-state index contributed by atoms with van der Waals surface area (Å²) in [5.74, 6) is 7.60. The normalized spacial score (nSPS) is 20.3. The molecule has 1 aromatic carbocycles. The van der Waals surface area contributed by atoms with Crippen LogP contribution in [-0.4, -0.2) is 46.5 Å². The predicted molar refractivity (Wildman–Crippen MR) is 121 cm³/mol. The Morgan fingerprint density at radius 1 is 1.28 bits per heavy atom. The molecule has 1 saturated heterocycles. The molecule has 0 unspecified atom stereocenters. The fourth-order valence-corrected chi connectivity index (χ4v) is 3.59. The molecular weight excluding hydrogens is 404 g/mol. The smallest absolute Gasteiger partial charge is 0.244 e. The van der Waals surface area contributed by atoms with Crippen molar-refractivity contribution in [1.82, 2.24) is 15.0 Å². The van der Waals surface area contributed by atoms with Gasteiger partial charge in [-0.1, -0.05) is 17.1 Å². The van der Waals surface area contributed by atoms with E-state index in [0.29, 0.717) is 24.1 Å². The largest absolute Gasteiger partial charge is 0.473 e. The lowest BCUT2D eigenvalue weighted by Gasteiger charge is -2.29. The molecule has 1 aliphatic heterocycles. The Kier molecular flexibility index (Phi) is 5.75. The third-order valence-electron chi connectivity index (χ3n) is 5.97. The standard InChI is InChI=1S/C25H30N4O3/c1-17(2)32-24(26-21-9-8-20(12-18(21)3)7-6-19-4-5-19)22-13-29(28-27-22)14-23-30-15-25(10-11-25)16-31-23/h8-9,12-13,17,19,23H,4-5,10-11,14-16H2,1-3H3/b26-24-. The minimum atomic E-state index is -0.297. The Balaban J connectivity index is 1.31. The third-order valence-corrected chi connectivity index (χ3v) is 5.97. The minimum Gasteiger partial charge on any atom is -0.473 e. The molecule has 2 heterocycles. The van der Waals surface area contributed by atoms with Crippen LogP contribution in [0.3, 0.4) is 0 Å². The van der Waals surface area contributed by atoms with E-state index in [0.717, 1.165) is 30.0 Å². The Hall–Kier alpha value is -2.69. The van der Waals surface area contributed by atoms with E-state index in [1.807, 2.05) is 39.1 Å². The maximum atomic E-state index is 6.00. The van der Waals surface area contributed by atoms with Crippen LogP contribution < -0.4 is 0 Å². The number of ether oxygens (including phenoxy) is 3. The lowest BCUT2D eigenvalue weighted by Crippen LogP contribution is -2.36. The van der Waals surface area contributed by atoms with Gasteiger partial charge in [0.2, 0.25) is 5.90 Å². The van der Waals surface area contributed by atoms with E-state index in [1.165, 1.54) is 25.7 Å². The van der Waals surface area contributed by atoms with Crippen molar-refractivity contribution in [2.45, 2.75) is 65.4 Å². The van der Waals surface area contributed by atoms with E-state index in [2.05, 4.69) is 28.2 Å². The quantitative estimate of drug-likeness (QED) is 0.404. The minimum absolute atomic E-state index is 0.0392. The summed E-state index contributed by atoms with van der Waals surface area (Å²) in [6.45, 7) is 8.01. The average Bonchev–Trinajstić information content (AvgIpc) is 3.69. The highest BCUT2D eigenvalue weighted by Crippen LogP contribution is 2.48. The Labute approximate surface area is 189 Å². The molecule has 3 aliphatic rings. The number of rotatable bonds is 5. The van der Waals surface area contributed by atoms with Crippen LogP contribution in [-0.2, 0) is 20.8 Å². The van der Waals surface area contributed by atoms with Crippen molar-refractivity contribution in [2.24, 2.45) is 16.3 Å². The molecular formula is C25H30N4O3. The number of aromatic nitrogens is 3. The number of benzene rings is 1. The van der Waals surface area contributed by atoms with Crippen LogP contribution in [0.1, 0.15) is 56.4 Å². The molecule has 0 radical (unpaired) electrons. The molecule has 1 spiro atoms. The van der Waals surface area contributed by atoms with E-state index in [1.54, 1.807) is 4.68 Å². The molecule has 168 valence electrons. The van der Waals surface area contributed by atoms with Gasteiger partial charge in [-0.15, -0.1) is 5.10 Å². The Morgan fingerprint density at radius 3 is 2.72 bits per heavy atom. The number of nitrogens with zero attached hydrogens (tertiary/aromatic N) is 4. The van der Waals surface area contributed by atoms with E-state index >= 15 is 0 Å². The second-order valence-electron chi connectivity index (χ2n) is 9.51. The first-order valence-corrected chi connectivity index (χ1v) is 11.5. The lowest BCUT2D eigenvalue weighted by atomic mass is 10.1. The molecule has 5 rings (SSSR count). The zero-order chi connectivity index (χ0) is 22.1. The highest BCUT2D eigenvalue weighted by atomic mass is 16.7. The first-order chi connectivity index (χ1) is 15.5. The van der Waals surface area contributed by atoms with Gasteiger partial charge in [-0.05, 0) is 70.2 Å².